The summed E-state index contributed by atoms with van der Waals surface area (Å²) in [7, 11) is 1.48. The van der Waals surface area contributed by atoms with Crippen LogP contribution >= 0.6 is 22.6 Å². The quantitative estimate of drug-likeness (QED) is 0.473. The summed E-state index contributed by atoms with van der Waals surface area (Å²) >= 11 is 2.01. The van der Waals surface area contributed by atoms with Gasteiger partial charge in [0.25, 0.3) is 0 Å². The Kier molecular flexibility index (Phi) is 5.44. The molecule has 0 aliphatic carbocycles. The molecule has 0 fully saturated rings. The number of ether oxygens (including phenoxy) is 2. The highest BCUT2D eigenvalue weighted by Gasteiger charge is 2.31. The number of rotatable bonds is 5. The molecule has 1 aromatic carbocycles. The summed E-state index contributed by atoms with van der Waals surface area (Å²) in [5, 5.41) is 9.88. The Hall–Kier alpha value is -1.24. The van der Waals surface area contributed by atoms with Crippen molar-refractivity contribution in [2.45, 2.75) is 32.8 Å². The molecule has 0 amide bonds. The van der Waals surface area contributed by atoms with E-state index < -0.39 is 11.6 Å². The van der Waals surface area contributed by atoms with Gasteiger partial charge >= 0.3 is 5.97 Å². The molecule has 20 heavy (non-hydrogen) atoms. The highest BCUT2D eigenvalue weighted by Crippen LogP contribution is 2.38. The first-order valence-corrected chi connectivity index (χ1v) is 7.28. The molecule has 110 valence electrons. The van der Waals surface area contributed by atoms with Gasteiger partial charge in [0.15, 0.2) is 11.5 Å². The molecule has 0 heterocycles. The van der Waals surface area contributed by atoms with Crippen LogP contribution in [0, 0.1) is 3.57 Å². The van der Waals surface area contributed by atoms with E-state index in [1.807, 2.05) is 36.4 Å². The summed E-state index contributed by atoms with van der Waals surface area (Å²) in [5.41, 5.74) is 0.329. The smallest absolute Gasteiger partial charge is 0.333 e. The van der Waals surface area contributed by atoms with E-state index in [4.69, 9.17) is 9.47 Å². The van der Waals surface area contributed by atoms with Crippen molar-refractivity contribution >= 4 is 28.6 Å². The van der Waals surface area contributed by atoms with Gasteiger partial charge in [-0.25, -0.2) is 4.79 Å². The van der Waals surface area contributed by atoms with Gasteiger partial charge in [0.1, 0.15) is 5.60 Å². The molecule has 0 bridgehead atoms. The second-order valence-corrected chi connectivity index (χ2v) is 5.93. The van der Waals surface area contributed by atoms with Crippen molar-refractivity contribution in [1.82, 2.24) is 0 Å². The van der Waals surface area contributed by atoms with Crippen LogP contribution < -0.4 is 4.74 Å². The van der Waals surface area contributed by atoms with Gasteiger partial charge in [-0.2, -0.15) is 0 Å². The lowest BCUT2D eigenvalue weighted by atomic mass is 9.92. The first-order chi connectivity index (χ1) is 9.25. The van der Waals surface area contributed by atoms with Crippen LogP contribution in [0.4, 0.5) is 0 Å². The van der Waals surface area contributed by atoms with Crippen LogP contribution in [-0.4, -0.2) is 18.2 Å². The van der Waals surface area contributed by atoms with E-state index in [-0.39, 0.29) is 5.75 Å². The standard InChI is InChI=1S/C15H19IO4/c1-6-15(4,20-14(18)9(2)3)10-7-11(16)13(17)12(8-10)19-5/h7-8,17H,2,6H2,1,3-5H3. The summed E-state index contributed by atoms with van der Waals surface area (Å²) < 4.78 is 11.3. The Morgan fingerprint density at radius 3 is 2.55 bits per heavy atom. The molecule has 0 aliphatic heterocycles. The lowest BCUT2D eigenvalue weighted by Crippen LogP contribution is -2.29. The van der Waals surface area contributed by atoms with Gasteiger partial charge in [0.05, 0.1) is 10.7 Å². The average molecular weight is 390 g/mol. The molecule has 1 unspecified atom stereocenters. The molecule has 0 spiro atoms. The fourth-order valence-corrected chi connectivity index (χ4v) is 2.26. The van der Waals surface area contributed by atoms with Crippen molar-refractivity contribution < 1.29 is 19.4 Å². The zero-order chi connectivity index (χ0) is 15.5. The van der Waals surface area contributed by atoms with Gasteiger partial charge in [-0.15, -0.1) is 0 Å². The Morgan fingerprint density at radius 1 is 1.50 bits per heavy atom. The van der Waals surface area contributed by atoms with Crippen LogP contribution in [0.5, 0.6) is 11.5 Å². The van der Waals surface area contributed by atoms with Crippen LogP contribution in [0.15, 0.2) is 24.3 Å². The van der Waals surface area contributed by atoms with E-state index in [0.717, 1.165) is 5.56 Å². The molecule has 0 radical (unpaired) electrons. The molecule has 4 nitrogen and oxygen atoms in total. The highest BCUT2D eigenvalue weighted by molar-refractivity contribution is 14.1. The number of hydrogen-bond acceptors (Lipinski definition) is 4. The monoisotopic (exact) mass is 390 g/mol. The summed E-state index contributed by atoms with van der Waals surface area (Å²) in [5.74, 6) is 0.0101. The van der Waals surface area contributed by atoms with Crippen molar-refractivity contribution in [3.63, 3.8) is 0 Å². The topological polar surface area (TPSA) is 55.8 Å². The molecule has 0 saturated carbocycles. The number of phenols is 1. The third kappa shape index (κ3) is 3.45. The summed E-state index contributed by atoms with van der Waals surface area (Å²) in [6.45, 7) is 8.96. The Bertz CT molecular complexity index is 539. The molecule has 1 aromatic rings. The molecule has 1 atom stereocenters. The predicted octanol–water partition coefficient (Wildman–Crippen LogP) is 3.75. The molecule has 0 aromatic heterocycles. The van der Waals surface area contributed by atoms with Crippen LogP contribution in [0.25, 0.3) is 0 Å². The van der Waals surface area contributed by atoms with Crippen LogP contribution in [-0.2, 0) is 15.1 Å². The normalized spacial score (nSPS) is 13.4. The second kappa shape index (κ2) is 6.47. The van der Waals surface area contributed by atoms with Crippen LogP contribution in [0.1, 0.15) is 32.8 Å². The Labute approximate surface area is 132 Å². The number of carbonyl (C=O) groups excluding carboxylic acids is 1. The first-order valence-electron chi connectivity index (χ1n) is 6.21. The minimum Gasteiger partial charge on any atom is -0.504 e. The number of aromatic hydroxyl groups is 1. The van der Waals surface area contributed by atoms with Gasteiger partial charge < -0.3 is 14.6 Å². The number of methoxy groups -OCH3 is 1. The largest absolute Gasteiger partial charge is 0.504 e. The van der Waals surface area contributed by atoms with Crippen molar-refractivity contribution in [2.24, 2.45) is 0 Å². The molecule has 5 heteroatoms. The van der Waals surface area contributed by atoms with E-state index in [0.29, 0.717) is 21.3 Å². The molecule has 0 saturated heterocycles. The molecule has 0 aliphatic rings. The zero-order valence-electron chi connectivity index (χ0n) is 12.1. The molecule has 1 rings (SSSR count). The Morgan fingerprint density at radius 2 is 2.10 bits per heavy atom. The zero-order valence-corrected chi connectivity index (χ0v) is 14.3. The fraction of sp³-hybridized carbons (Fsp3) is 0.400. The Balaban J connectivity index is 3.27. The molecule has 1 N–H and O–H groups in total. The van der Waals surface area contributed by atoms with E-state index in [1.165, 1.54) is 7.11 Å². The van der Waals surface area contributed by atoms with E-state index in [2.05, 4.69) is 6.58 Å². The average Bonchev–Trinajstić information content (AvgIpc) is 2.41. The van der Waals surface area contributed by atoms with Crippen LogP contribution in [0.3, 0.4) is 0 Å². The maximum atomic E-state index is 11.8. The van der Waals surface area contributed by atoms with Gasteiger partial charge in [0, 0.05) is 11.1 Å². The highest BCUT2D eigenvalue weighted by atomic mass is 127. The maximum Gasteiger partial charge on any atom is 0.333 e. The van der Waals surface area contributed by atoms with Crippen molar-refractivity contribution in [3.8, 4) is 11.5 Å². The predicted molar refractivity (Wildman–Crippen MR) is 85.9 cm³/mol. The lowest BCUT2D eigenvalue weighted by Gasteiger charge is -2.29. The number of halogens is 1. The van der Waals surface area contributed by atoms with Crippen LogP contribution in [0.2, 0.25) is 0 Å². The van der Waals surface area contributed by atoms with Gasteiger partial charge in [0.2, 0.25) is 0 Å². The van der Waals surface area contributed by atoms with Gasteiger partial charge in [-0.1, -0.05) is 13.5 Å². The van der Waals surface area contributed by atoms with Gasteiger partial charge in [-0.05, 0) is 55.0 Å². The number of carbonyl (C=O) groups is 1. The summed E-state index contributed by atoms with van der Waals surface area (Å²) in [6.07, 6.45) is 0.593. The summed E-state index contributed by atoms with van der Waals surface area (Å²) in [6, 6.07) is 3.47. The molecular weight excluding hydrogens is 371 g/mol. The minimum atomic E-state index is -0.795. The SMILES string of the molecule is C=C(C)C(=O)OC(C)(CC)c1cc(I)c(O)c(OC)c1. The van der Waals surface area contributed by atoms with Crippen molar-refractivity contribution in [2.75, 3.05) is 7.11 Å². The third-order valence-corrected chi connectivity index (χ3v) is 4.02. The first kappa shape index (κ1) is 16.8. The fourth-order valence-electron chi connectivity index (χ4n) is 1.66. The van der Waals surface area contributed by atoms with Crippen molar-refractivity contribution in [3.05, 3.63) is 33.4 Å². The minimum absolute atomic E-state index is 0.0848. The lowest BCUT2D eigenvalue weighted by molar-refractivity contribution is -0.154. The molecular formula is C15H19IO4. The number of benzene rings is 1. The van der Waals surface area contributed by atoms with E-state index >= 15 is 0 Å². The number of hydrogen-bond donors (Lipinski definition) is 1. The van der Waals surface area contributed by atoms with E-state index in [1.54, 1.807) is 19.1 Å². The second-order valence-electron chi connectivity index (χ2n) is 4.76. The third-order valence-electron chi connectivity index (χ3n) is 3.20. The summed E-state index contributed by atoms with van der Waals surface area (Å²) in [4.78, 5) is 11.8. The van der Waals surface area contributed by atoms with E-state index in [9.17, 15) is 9.90 Å². The van der Waals surface area contributed by atoms with Crippen molar-refractivity contribution in [1.29, 1.82) is 0 Å². The number of phenolic OH excluding ortho intramolecular Hbond substituents is 1. The number of esters is 1. The van der Waals surface area contributed by atoms with Gasteiger partial charge in [-0.3, -0.25) is 0 Å². The maximum absolute atomic E-state index is 11.8.